The van der Waals surface area contributed by atoms with Gasteiger partial charge in [-0.1, -0.05) is 24.3 Å². The Morgan fingerprint density at radius 3 is 2.61 bits per heavy atom. The summed E-state index contributed by atoms with van der Waals surface area (Å²) in [6.45, 7) is 10.6. The third-order valence-electron chi connectivity index (χ3n) is 5.55. The second-order valence-corrected chi connectivity index (χ2v) is 9.54. The van der Waals surface area contributed by atoms with Gasteiger partial charge in [-0.3, -0.25) is 4.90 Å². The van der Waals surface area contributed by atoms with Crippen molar-refractivity contribution in [3.8, 4) is 0 Å². The van der Waals surface area contributed by atoms with Gasteiger partial charge in [0.15, 0.2) is 0 Å². The quantitative estimate of drug-likeness (QED) is 0.643. The molecule has 2 heterocycles. The zero-order valence-corrected chi connectivity index (χ0v) is 18.9. The van der Waals surface area contributed by atoms with Crippen molar-refractivity contribution in [1.29, 1.82) is 0 Å². The highest BCUT2D eigenvalue weighted by Crippen LogP contribution is 2.17. The lowest BCUT2D eigenvalue weighted by atomic mass is 10.0. The molecule has 3 rings (SSSR count). The monoisotopic (exact) mass is 435 g/mol. The number of morpholine rings is 1. The molecule has 0 aromatic heterocycles. The van der Waals surface area contributed by atoms with Gasteiger partial charge in [0, 0.05) is 32.2 Å². The molecule has 1 aromatic rings. The summed E-state index contributed by atoms with van der Waals surface area (Å²) in [7, 11) is 0. The fourth-order valence-corrected chi connectivity index (χ4v) is 4.01. The van der Waals surface area contributed by atoms with Crippen LogP contribution in [0, 0.1) is 0 Å². The van der Waals surface area contributed by atoms with Gasteiger partial charge in [0.05, 0.1) is 38.5 Å². The predicted octanol–water partition coefficient (Wildman–Crippen LogP) is 1.34. The van der Waals surface area contributed by atoms with E-state index in [1.807, 2.05) is 0 Å². The number of nitrogens with one attached hydrogen (secondary N) is 1. The zero-order chi connectivity index (χ0) is 22.4. The van der Waals surface area contributed by atoms with Crippen molar-refractivity contribution in [2.75, 3.05) is 39.4 Å². The van der Waals surface area contributed by atoms with Crippen molar-refractivity contribution in [2.24, 2.45) is 0 Å². The molecule has 2 saturated heterocycles. The highest BCUT2D eigenvalue weighted by atomic mass is 16.6. The third kappa shape index (κ3) is 7.73. The molecule has 0 radical (unpaired) electrons. The lowest BCUT2D eigenvalue weighted by Gasteiger charge is -2.28. The van der Waals surface area contributed by atoms with E-state index in [0.717, 1.165) is 38.4 Å². The van der Waals surface area contributed by atoms with Crippen LogP contribution in [0.2, 0.25) is 0 Å². The lowest BCUT2D eigenvalue weighted by molar-refractivity contribution is 0.0104. The Morgan fingerprint density at radius 1 is 1.19 bits per heavy atom. The standard InChI is InChI=1S/C23H37N3O5/c1-23(2,3)31-22(29)26-15-19(27)12-20(21(28)16-26)24-13-17-5-4-6-18(11-17)14-25-7-9-30-10-8-25/h4-6,11,19-21,24,27-28H,7-10,12-16H2,1-3H3/t19-,20-,21-/m1/s1. The Balaban J connectivity index is 1.55. The van der Waals surface area contributed by atoms with Crippen LogP contribution in [0.25, 0.3) is 0 Å². The molecular formula is C23H37N3O5. The highest BCUT2D eigenvalue weighted by molar-refractivity contribution is 5.68. The summed E-state index contributed by atoms with van der Waals surface area (Å²) >= 11 is 0. The second kappa shape index (κ2) is 10.7. The Bertz CT molecular complexity index is 717. The molecule has 2 aliphatic rings. The van der Waals surface area contributed by atoms with Crippen LogP contribution in [0.3, 0.4) is 0 Å². The minimum Gasteiger partial charge on any atom is -0.444 e. The average Bonchev–Trinajstić information content (AvgIpc) is 2.84. The number of benzene rings is 1. The van der Waals surface area contributed by atoms with E-state index in [1.54, 1.807) is 20.8 Å². The molecule has 0 aliphatic carbocycles. The van der Waals surface area contributed by atoms with Crippen LogP contribution in [0.4, 0.5) is 4.79 Å². The van der Waals surface area contributed by atoms with Crippen LogP contribution in [0.15, 0.2) is 24.3 Å². The minimum absolute atomic E-state index is 0.126. The summed E-state index contributed by atoms with van der Waals surface area (Å²) in [6.07, 6.45) is -1.66. The Labute approximate surface area is 185 Å². The molecule has 2 fully saturated rings. The number of aliphatic hydroxyl groups excluding tert-OH is 2. The maximum atomic E-state index is 12.4. The number of carbonyl (C=O) groups is 1. The third-order valence-corrected chi connectivity index (χ3v) is 5.55. The van der Waals surface area contributed by atoms with Crippen LogP contribution in [-0.2, 0) is 22.6 Å². The van der Waals surface area contributed by atoms with E-state index in [2.05, 4.69) is 34.5 Å². The molecule has 0 spiro atoms. The molecule has 8 heteroatoms. The zero-order valence-electron chi connectivity index (χ0n) is 18.9. The summed E-state index contributed by atoms with van der Waals surface area (Å²) in [6, 6.07) is 8.10. The number of amides is 1. The normalized spacial score (nSPS) is 25.8. The van der Waals surface area contributed by atoms with E-state index < -0.39 is 23.9 Å². The fourth-order valence-electron chi connectivity index (χ4n) is 4.01. The summed E-state index contributed by atoms with van der Waals surface area (Å²) < 4.78 is 10.8. The molecule has 31 heavy (non-hydrogen) atoms. The molecule has 0 unspecified atom stereocenters. The predicted molar refractivity (Wildman–Crippen MR) is 118 cm³/mol. The van der Waals surface area contributed by atoms with E-state index in [4.69, 9.17) is 9.47 Å². The molecule has 8 nitrogen and oxygen atoms in total. The van der Waals surface area contributed by atoms with Crippen molar-refractivity contribution < 1.29 is 24.5 Å². The number of rotatable bonds is 5. The molecular weight excluding hydrogens is 398 g/mol. The van der Waals surface area contributed by atoms with Crippen LogP contribution in [-0.4, -0.2) is 89.3 Å². The summed E-state index contributed by atoms with van der Waals surface area (Å²) in [5, 5.41) is 24.5. The molecule has 1 aromatic carbocycles. The van der Waals surface area contributed by atoms with Gasteiger partial charge in [-0.2, -0.15) is 0 Å². The van der Waals surface area contributed by atoms with Gasteiger partial charge in [0.2, 0.25) is 0 Å². The van der Waals surface area contributed by atoms with Crippen LogP contribution < -0.4 is 5.32 Å². The lowest BCUT2D eigenvalue weighted by Crippen LogP contribution is -2.46. The molecule has 3 N–H and O–H groups in total. The van der Waals surface area contributed by atoms with Crippen LogP contribution >= 0.6 is 0 Å². The van der Waals surface area contributed by atoms with Crippen molar-refractivity contribution in [2.45, 2.75) is 64.1 Å². The summed E-state index contributed by atoms with van der Waals surface area (Å²) in [4.78, 5) is 16.2. The van der Waals surface area contributed by atoms with Gasteiger partial charge in [-0.05, 0) is 38.3 Å². The Hall–Kier alpha value is -1.71. The first-order valence-electron chi connectivity index (χ1n) is 11.1. The van der Waals surface area contributed by atoms with Gasteiger partial charge in [0.25, 0.3) is 0 Å². The molecule has 1 amide bonds. The Morgan fingerprint density at radius 2 is 1.90 bits per heavy atom. The van der Waals surface area contributed by atoms with Crippen molar-refractivity contribution in [3.63, 3.8) is 0 Å². The minimum atomic E-state index is -0.791. The fraction of sp³-hybridized carbons (Fsp3) is 0.696. The maximum absolute atomic E-state index is 12.4. The van der Waals surface area contributed by atoms with Gasteiger partial charge < -0.3 is 29.9 Å². The summed E-state index contributed by atoms with van der Waals surface area (Å²) in [5.74, 6) is 0. The number of ether oxygens (including phenoxy) is 2. The number of carbonyl (C=O) groups excluding carboxylic acids is 1. The molecule has 0 bridgehead atoms. The Kier molecular flexibility index (Phi) is 8.30. The first-order valence-corrected chi connectivity index (χ1v) is 11.1. The molecule has 3 atom stereocenters. The van der Waals surface area contributed by atoms with E-state index in [0.29, 0.717) is 13.0 Å². The van der Waals surface area contributed by atoms with Crippen molar-refractivity contribution in [3.05, 3.63) is 35.4 Å². The number of hydrogen-bond acceptors (Lipinski definition) is 7. The maximum Gasteiger partial charge on any atom is 0.410 e. The average molecular weight is 436 g/mol. The summed E-state index contributed by atoms with van der Waals surface area (Å²) in [5.41, 5.74) is 1.75. The number of hydrogen-bond donors (Lipinski definition) is 3. The van der Waals surface area contributed by atoms with Crippen LogP contribution in [0.5, 0.6) is 0 Å². The largest absolute Gasteiger partial charge is 0.444 e. The molecule has 2 aliphatic heterocycles. The van der Waals surface area contributed by atoms with E-state index in [-0.39, 0.29) is 19.1 Å². The highest BCUT2D eigenvalue weighted by Gasteiger charge is 2.33. The van der Waals surface area contributed by atoms with E-state index in [9.17, 15) is 15.0 Å². The van der Waals surface area contributed by atoms with Gasteiger partial charge in [-0.15, -0.1) is 0 Å². The second-order valence-electron chi connectivity index (χ2n) is 9.54. The van der Waals surface area contributed by atoms with Gasteiger partial charge >= 0.3 is 6.09 Å². The first kappa shape index (κ1) is 23.9. The first-order chi connectivity index (χ1) is 14.7. The number of nitrogens with zero attached hydrogens (tertiary/aromatic N) is 2. The smallest absolute Gasteiger partial charge is 0.410 e. The number of aliphatic hydroxyl groups is 2. The van der Waals surface area contributed by atoms with Crippen molar-refractivity contribution in [1.82, 2.24) is 15.1 Å². The van der Waals surface area contributed by atoms with E-state index in [1.165, 1.54) is 10.5 Å². The number of β-amino-alcohol motifs (C(OH)–C–C–N with tert-alkyl or cyclic N) is 2. The van der Waals surface area contributed by atoms with Gasteiger partial charge in [0.1, 0.15) is 5.60 Å². The SMILES string of the molecule is CC(C)(C)OC(=O)N1C[C@H](O)C[C@@H](NCc2cccc(CN3CCOCC3)c2)[C@H](O)C1. The van der Waals surface area contributed by atoms with Gasteiger partial charge in [-0.25, -0.2) is 4.79 Å². The topological polar surface area (TPSA) is 94.5 Å². The van der Waals surface area contributed by atoms with Crippen molar-refractivity contribution >= 4 is 6.09 Å². The van der Waals surface area contributed by atoms with Crippen LogP contribution in [0.1, 0.15) is 38.3 Å². The molecule has 174 valence electrons. The number of likely N-dealkylation sites (tertiary alicyclic amines) is 1. The molecule has 0 saturated carbocycles. The van der Waals surface area contributed by atoms with E-state index >= 15 is 0 Å².